The van der Waals surface area contributed by atoms with Gasteiger partial charge in [-0.1, -0.05) is 6.07 Å². The number of hydrogen-bond acceptors (Lipinski definition) is 6. The third kappa shape index (κ3) is 4.88. The molecule has 2 aromatic heterocycles. The topological polar surface area (TPSA) is 79.5 Å². The van der Waals surface area contributed by atoms with E-state index in [4.69, 9.17) is 4.42 Å². The Bertz CT molecular complexity index is 705. The molecule has 1 fully saturated rings. The van der Waals surface area contributed by atoms with Crippen LogP contribution in [-0.2, 0) is 22.4 Å². The van der Waals surface area contributed by atoms with Crippen LogP contribution < -0.4 is 0 Å². The number of carbonyl (C=O) groups is 2. The lowest BCUT2D eigenvalue weighted by Gasteiger charge is -2.34. The van der Waals surface area contributed by atoms with Gasteiger partial charge in [-0.15, -0.1) is 21.5 Å². The van der Waals surface area contributed by atoms with Crippen molar-refractivity contribution in [3.8, 4) is 0 Å². The molecule has 0 atom stereocenters. The average molecular weight is 362 g/mol. The Morgan fingerprint density at radius 1 is 1.08 bits per heavy atom. The van der Waals surface area contributed by atoms with E-state index in [1.54, 1.807) is 18.3 Å². The van der Waals surface area contributed by atoms with E-state index in [-0.39, 0.29) is 11.8 Å². The lowest BCUT2D eigenvalue weighted by molar-refractivity contribution is -0.139. The van der Waals surface area contributed by atoms with Crippen molar-refractivity contribution in [1.29, 1.82) is 0 Å². The largest absolute Gasteiger partial charge is 0.426 e. The Morgan fingerprint density at radius 2 is 1.72 bits per heavy atom. The molecule has 0 aromatic carbocycles. The maximum atomic E-state index is 12.3. The van der Waals surface area contributed by atoms with Gasteiger partial charge >= 0.3 is 0 Å². The Labute approximate surface area is 150 Å². The normalized spacial score (nSPS) is 14.8. The van der Waals surface area contributed by atoms with Crippen LogP contribution in [0, 0.1) is 6.92 Å². The lowest BCUT2D eigenvalue weighted by atomic mass is 10.2. The highest BCUT2D eigenvalue weighted by molar-refractivity contribution is 7.09. The number of rotatable bonds is 6. The summed E-state index contributed by atoms with van der Waals surface area (Å²) in [5, 5.41) is 9.69. The fraction of sp³-hybridized carbons (Fsp3) is 0.529. The first kappa shape index (κ1) is 17.6. The molecule has 2 aromatic rings. The summed E-state index contributed by atoms with van der Waals surface area (Å²) in [6, 6.07) is 4.06. The van der Waals surface area contributed by atoms with Crippen molar-refractivity contribution in [3.63, 3.8) is 0 Å². The van der Waals surface area contributed by atoms with Crippen LogP contribution in [0.15, 0.2) is 21.9 Å². The fourth-order valence-corrected chi connectivity index (χ4v) is 3.57. The molecule has 134 valence electrons. The van der Waals surface area contributed by atoms with Crippen LogP contribution in [0.2, 0.25) is 0 Å². The van der Waals surface area contributed by atoms with E-state index in [1.807, 2.05) is 21.2 Å². The molecule has 0 bridgehead atoms. The van der Waals surface area contributed by atoms with Crippen LogP contribution in [0.1, 0.15) is 29.5 Å². The summed E-state index contributed by atoms with van der Waals surface area (Å²) < 4.78 is 5.28. The van der Waals surface area contributed by atoms with Crippen LogP contribution >= 0.6 is 11.3 Å². The molecule has 0 aliphatic carbocycles. The van der Waals surface area contributed by atoms with Crippen molar-refractivity contribution in [3.05, 3.63) is 34.2 Å². The number of aryl methyl sites for hydroxylation is 3. The molecule has 0 saturated carbocycles. The first-order valence-electron chi connectivity index (χ1n) is 8.49. The second-order valence-corrected chi connectivity index (χ2v) is 7.09. The van der Waals surface area contributed by atoms with E-state index < -0.39 is 0 Å². The summed E-state index contributed by atoms with van der Waals surface area (Å²) in [4.78, 5) is 29.5. The molecule has 1 aliphatic heterocycles. The summed E-state index contributed by atoms with van der Waals surface area (Å²) in [5.41, 5.74) is 0. The Balaban J connectivity index is 1.38. The molecule has 8 heteroatoms. The average Bonchev–Trinajstić information content (AvgIpc) is 3.29. The van der Waals surface area contributed by atoms with Crippen molar-refractivity contribution >= 4 is 23.2 Å². The van der Waals surface area contributed by atoms with E-state index in [2.05, 4.69) is 16.3 Å². The summed E-state index contributed by atoms with van der Waals surface area (Å²) in [5.74, 6) is 1.24. The van der Waals surface area contributed by atoms with E-state index in [9.17, 15) is 9.59 Å². The van der Waals surface area contributed by atoms with Crippen LogP contribution in [0.25, 0.3) is 0 Å². The Morgan fingerprint density at radius 3 is 2.24 bits per heavy atom. The molecule has 0 unspecified atom stereocenters. The van der Waals surface area contributed by atoms with Crippen molar-refractivity contribution < 1.29 is 14.0 Å². The quantitative estimate of drug-likeness (QED) is 0.781. The number of nitrogens with zero attached hydrogens (tertiary/aromatic N) is 4. The molecule has 2 amide bonds. The van der Waals surface area contributed by atoms with Gasteiger partial charge < -0.3 is 14.2 Å². The van der Waals surface area contributed by atoms with Gasteiger partial charge in [0.05, 0.1) is 0 Å². The maximum absolute atomic E-state index is 12.3. The number of carbonyl (C=O) groups excluding carboxylic acids is 2. The lowest BCUT2D eigenvalue weighted by Crippen LogP contribution is -2.50. The summed E-state index contributed by atoms with van der Waals surface area (Å²) in [6.07, 6.45) is 2.14. The molecule has 3 rings (SSSR count). The van der Waals surface area contributed by atoms with Crippen LogP contribution in [0.4, 0.5) is 0 Å². The highest BCUT2D eigenvalue weighted by Crippen LogP contribution is 2.13. The molecule has 7 nitrogen and oxygen atoms in total. The predicted octanol–water partition coefficient (Wildman–Crippen LogP) is 1.68. The smallest absolute Gasteiger partial charge is 0.223 e. The van der Waals surface area contributed by atoms with Crippen molar-refractivity contribution in [2.75, 3.05) is 26.2 Å². The van der Waals surface area contributed by atoms with E-state index in [0.29, 0.717) is 57.2 Å². The van der Waals surface area contributed by atoms with Crippen LogP contribution in [0.5, 0.6) is 0 Å². The first-order chi connectivity index (χ1) is 12.1. The highest BCUT2D eigenvalue weighted by Gasteiger charge is 2.24. The minimum Gasteiger partial charge on any atom is -0.426 e. The molecule has 0 N–H and O–H groups in total. The van der Waals surface area contributed by atoms with E-state index >= 15 is 0 Å². The molecule has 3 heterocycles. The zero-order valence-electron chi connectivity index (χ0n) is 14.3. The molecule has 0 radical (unpaired) electrons. The van der Waals surface area contributed by atoms with Crippen molar-refractivity contribution in [1.82, 2.24) is 20.0 Å². The highest BCUT2D eigenvalue weighted by atomic mass is 32.1. The molecule has 1 saturated heterocycles. The van der Waals surface area contributed by atoms with Gasteiger partial charge in [-0.2, -0.15) is 0 Å². The van der Waals surface area contributed by atoms with E-state index in [1.165, 1.54) is 4.88 Å². The number of hydrogen-bond donors (Lipinski definition) is 0. The summed E-state index contributed by atoms with van der Waals surface area (Å²) >= 11 is 1.68. The number of aromatic nitrogens is 2. The molecule has 0 spiro atoms. The van der Waals surface area contributed by atoms with Gasteiger partial charge in [0.1, 0.15) is 0 Å². The van der Waals surface area contributed by atoms with Gasteiger partial charge in [-0.3, -0.25) is 9.59 Å². The minimum atomic E-state index is 0.0709. The molecular formula is C17H22N4O3S. The van der Waals surface area contributed by atoms with Crippen LogP contribution in [0.3, 0.4) is 0 Å². The van der Waals surface area contributed by atoms with Gasteiger partial charge in [0.15, 0.2) is 0 Å². The molecule has 25 heavy (non-hydrogen) atoms. The Kier molecular flexibility index (Phi) is 5.80. The number of piperazine rings is 1. The van der Waals surface area contributed by atoms with Crippen LogP contribution in [-0.4, -0.2) is 58.0 Å². The monoisotopic (exact) mass is 362 g/mol. The minimum absolute atomic E-state index is 0.0709. The zero-order chi connectivity index (χ0) is 17.6. The molecular weight excluding hydrogens is 340 g/mol. The van der Waals surface area contributed by atoms with Gasteiger partial charge in [0, 0.05) is 57.2 Å². The predicted molar refractivity (Wildman–Crippen MR) is 93.2 cm³/mol. The molecule has 1 aliphatic rings. The third-order valence-corrected chi connectivity index (χ3v) is 5.21. The summed E-state index contributed by atoms with van der Waals surface area (Å²) in [7, 11) is 0. The van der Waals surface area contributed by atoms with E-state index in [0.717, 1.165) is 6.42 Å². The Hall–Kier alpha value is -2.22. The third-order valence-electron chi connectivity index (χ3n) is 4.27. The number of thiophene rings is 1. The van der Waals surface area contributed by atoms with Gasteiger partial charge in [0.2, 0.25) is 23.6 Å². The zero-order valence-corrected chi connectivity index (χ0v) is 15.1. The second-order valence-electron chi connectivity index (χ2n) is 6.06. The van der Waals surface area contributed by atoms with Gasteiger partial charge in [-0.05, 0) is 17.9 Å². The standard InChI is InChI=1S/C17H22N4O3S/c1-13-18-19-15(24-13)5-7-17(23)21-10-8-20(9-11-21)16(22)6-4-14-3-2-12-25-14/h2-3,12H,4-11H2,1H3. The van der Waals surface area contributed by atoms with Gasteiger partial charge in [-0.25, -0.2) is 0 Å². The second kappa shape index (κ2) is 8.24. The first-order valence-corrected chi connectivity index (χ1v) is 9.36. The SMILES string of the molecule is Cc1nnc(CCC(=O)N2CCN(C(=O)CCc3cccs3)CC2)o1. The summed E-state index contributed by atoms with van der Waals surface area (Å²) in [6.45, 7) is 4.12. The van der Waals surface area contributed by atoms with Gasteiger partial charge in [0.25, 0.3) is 0 Å². The van der Waals surface area contributed by atoms with Crippen molar-refractivity contribution in [2.24, 2.45) is 0 Å². The van der Waals surface area contributed by atoms with Crippen molar-refractivity contribution in [2.45, 2.75) is 32.6 Å². The fourth-order valence-electron chi connectivity index (χ4n) is 2.86. The number of amides is 2. The maximum Gasteiger partial charge on any atom is 0.223 e.